The molecule has 0 heterocycles. The fraction of sp³-hybridized carbons (Fsp3) is 0.600. The highest BCUT2D eigenvalue weighted by molar-refractivity contribution is 6.31. The molecule has 0 aromatic heterocycles. The largest absolute Gasteiger partial charge is 0.324 e. The minimum Gasteiger partial charge on any atom is -0.324 e. The van der Waals surface area contributed by atoms with E-state index in [0.29, 0.717) is 0 Å². The Morgan fingerprint density at radius 1 is 1.33 bits per heavy atom. The van der Waals surface area contributed by atoms with Crippen LogP contribution in [0.4, 0.5) is 0 Å². The molecular formula is C15H25ClN2. The molecule has 0 aliphatic carbocycles. The normalized spacial score (nSPS) is 14.8. The van der Waals surface area contributed by atoms with E-state index in [1.54, 1.807) is 0 Å². The van der Waals surface area contributed by atoms with Gasteiger partial charge in [0.05, 0.1) is 0 Å². The van der Waals surface area contributed by atoms with Crippen LogP contribution in [0.5, 0.6) is 0 Å². The van der Waals surface area contributed by atoms with Crippen LogP contribution in [-0.4, -0.2) is 25.0 Å². The summed E-state index contributed by atoms with van der Waals surface area (Å²) in [6.45, 7) is 6.65. The molecule has 1 rings (SSSR count). The summed E-state index contributed by atoms with van der Waals surface area (Å²) in [5.41, 5.74) is 7.25. The molecule has 1 aromatic carbocycles. The topological polar surface area (TPSA) is 29.3 Å². The van der Waals surface area contributed by atoms with Crippen molar-refractivity contribution in [3.8, 4) is 0 Å². The number of nitrogens with two attached hydrogens (primary N) is 1. The Hall–Kier alpha value is -0.570. The lowest BCUT2D eigenvalue weighted by molar-refractivity contribution is 0.272. The summed E-state index contributed by atoms with van der Waals surface area (Å²) in [7, 11) is 2.16. The van der Waals surface area contributed by atoms with Gasteiger partial charge in [-0.05, 0) is 37.6 Å². The molecule has 102 valence electrons. The van der Waals surface area contributed by atoms with Crippen LogP contribution in [0, 0.1) is 5.92 Å². The molecule has 0 aliphatic heterocycles. The first-order valence-electron chi connectivity index (χ1n) is 6.73. The number of hydrogen-bond acceptors (Lipinski definition) is 2. The fourth-order valence-corrected chi connectivity index (χ4v) is 2.32. The summed E-state index contributed by atoms with van der Waals surface area (Å²) in [5, 5.41) is 0.773. The lowest BCUT2D eigenvalue weighted by atomic mass is 10.0. The maximum atomic E-state index is 6.20. The fourth-order valence-electron chi connectivity index (χ4n) is 2.04. The number of halogens is 1. The SMILES string of the molecule is CCC(C)CN(C)CCC(N)c1ccccc1Cl. The molecule has 18 heavy (non-hydrogen) atoms. The highest BCUT2D eigenvalue weighted by atomic mass is 35.5. The first kappa shape index (κ1) is 15.5. The van der Waals surface area contributed by atoms with Gasteiger partial charge in [0, 0.05) is 17.6 Å². The van der Waals surface area contributed by atoms with Gasteiger partial charge in [-0.2, -0.15) is 0 Å². The van der Waals surface area contributed by atoms with Crippen LogP contribution in [0.2, 0.25) is 5.02 Å². The first-order chi connectivity index (χ1) is 8.54. The van der Waals surface area contributed by atoms with E-state index in [-0.39, 0.29) is 6.04 Å². The van der Waals surface area contributed by atoms with Gasteiger partial charge in [0.15, 0.2) is 0 Å². The molecule has 2 nitrogen and oxygen atoms in total. The monoisotopic (exact) mass is 268 g/mol. The number of rotatable bonds is 7. The average Bonchev–Trinajstić information content (AvgIpc) is 2.36. The van der Waals surface area contributed by atoms with Gasteiger partial charge in [-0.1, -0.05) is 50.1 Å². The number of benzene rings is 1. The van der Waals surface area contributed by atoms with Gasteiger partial charge in [0.1, 0.15) is 0 Å². The van der Waals surface area contributed by atoms with Gasteiger partial charge < -0.3 is 10.6 Å². The van der Waals surface area contributed by atoms with Crippen molar-refractivity contribution in [1.82, 2.24) is 4.90 Å². The second-order valence-corrected chi connectivity index (χ2v) is 5.60. The lowest BCUT2D eigenvalue weighted by Gasteiger charge is -2.22. The maximum Gasteiger partial charge on any atom is 0.0453 e. The summed E-state index contributed by atoms with van der Waals surface area (Å²) < 4.78 is 0. The predicted molar refractivity (Wildman–Crippen MR) is 79.9 cm³/mol. The molecule has 0 bridgehead atoms. The van der Waals surface area contributed by atoms with Crippen molar-refractivity contribution >= 4 is 11.6 Å². The van der Waals surface area contributed by atoms with Crippen molar-refractivity contribution in [3.63, 3.8) is 0 Å². The first-order valence-corrected chi connectivity index (χ1v) is 7.11. The van der Waals surface area contributed by atoms with E-state index < -0.39 is 0 Å². The van der Waals surface area contributed by atoms with E-state index in [4.69, 9.17) is 17.3 Å². The van der Waals surface area contributed by atoms with Gasteiger partial charge in [0.25, 0.3) is 0 Å². The second-order valence-electron chi connectivity index (χ2n) is 5.19. The number of nitrogens with zero attached hydrogens (tertiary/aromatic N) is 1. The third kappa shape index (κ3) is 4.97. The molecule has 0 fully saturated rings. The Kier molecular flexibility index (Phi) is 6.69. The quantitative estimate of drug-likeness (QED) is 0.817. The van der Waals surface area contributed by atoms with E-state index >= 15 is 0 Å². The molecular weight excluding hydrogens is 244 g/mol. The third-order valence-electron chi connectivity index (χ3n) is 3.45. The summed E-state index contributed by atoms with van der Waals surface area (Å²) in [6.07, 6.45) is 2.16. The minimum absolute atomic E-state index is 0.0260. The molecule has 2 atom stereocenters. The smallest absolute Gasteiger partial charge is 0.0453 e. The molecule has 0 aliphatic rings. The Balaban J connectivity index is 2.42. The van der Waals surface area contributed by atoms with E-state index in [9.17, 15) is 0 Å². The van der Waals surface area contributed by atoms with Crippen molar-refractivity contribution < 1.29 is 0 Å². The lowest BCUT2D eigenvalue weighted by Crippen LogP contribution is -2.27. The van der Waals surface area contributed by atoms with Crippen molar-refractivity contribution in [1.29, 1.82) is 0 Å². The van der Waals surface area contributed by atoms with Crippen LogP contribution in [0.1, 0.15) is 38.3 Å². The summed E-state index contributed by atoms with van der Waals surface area (Å²) in [5.74, 6) is 0.742. The van der Waals surface area contributed by atoms with Gasteiger partial charge >= 0.3 is 0 Å². The molecule has 0 amide bonds. The van der Waals surface area contributed by atoms with E-state index in [2.05, 4.69) is 25.8 Å². The summed E-state index contributed by atoms with van der Waals surface area (Å²) in [4.78, 5) is 2.35. The Morgan fingerprint density at radius 3 is 2.61 bits per heavy atom. The van der Waals surface area contributed by atoms with Crippen molar-refractivity contribution in [2.45, 2.75) is 32.7 Å². The van der Waals surface area contributed by atoms with Crippen LogP contribution >= 0.6 is 11.6 Å². The van der Waals surface area contributed by atoms with Crippen LogP contribution in [0.15, 0.2) is 24.3 Å². The highest BCUT2D eigenvalue weighted by Gasteiger charge is 2.11. The Bertz CT molecular complexity index is 354. The predicted octanol–water partition coefficient (Wildman–Crippen LogP) is 3.71. The Labute approximate surface area is 116 Å². The van der Waals surface area contributed by atoms with Gasteiger partial charge in [0.2, 0.25) is 0 Å². The van der Waals surface area contributed by atoms with Gasteiger partial charge in [-0.25, -0.2) is 0 Å². The molecule has 2 unspecified atom stereocenters. The van der Waals surface area contributed by atoms with E-state index in [1.165, 1.54) is 6.42 Å². The summed E-state index contributed by atoms with van der Waals surface area (Å²) in [6, 6.07) is 7.87. The second kappa shape index (κ2) is 7.78. The van der Waals surface area contributed by atoms with Crippen LogP contribution in [0.3, 0.4) is 0 Å². The molecule has 0 saturated carbocycles. The van der Waals surface area contributed by atoms with Crippen molar-refractivity contribution in [3.05, 3.63) is 34.9 Å². The zero-order chi connectivity index (χ0) is 13.5. The van der Waals surface area contributed by atoms with Crippen molar-refractivity contribution in [2.24, 2.45) is 11.7 Å². The molecule has 0 spiro atoms. The standard InChI is InChI=1S/C15H25ClN2/c1-4-12(2)11-18(3)10-9-15(17)13-7-5-6-8-14(13)16/h5-8,12,15H,4,9-11,17H2,1-3H3. The molecule has 3 heteroatoms. The Morgan fingerprint density at radius 2 is 2.00 bits per heavy atom. The van der Waals surface area contributed by atoms with E-state index in [0.717, 1.165) is 36.0 Å². The van der Waals surface area contributed by atoms with Gasteiger partial charge in [-0.15, -0.1) is 0 Å². The molecule has 0 saturated heterocycles. The van der Waals surface area contributed by atoms with Crippen LogP contribution in [0.25, 0.3) is 0 Å². The maximum absolute atomic E-state index is 6.20. The van der Waals surface area contributed by atoms with E-state index in [1.807, 2.05) is 24.3 Å². The zero-order valence-corrected chi connectivity index (χ0v) is 12.5. The van der Waals surface area contributed by atoms with Crippen molar-refractivity contribution in [2.75, 3.05) is 20.1 Å². The van der Waals surface area contributed by atoms with Crippen LogP contribution < -0.4 is 5.73 Å². The minimum atomic E-state index is 0.0260. The summed E-state index contributed by atoms with van der Waals surface area (Å²) >= 11 is 6.15. The average molecular weight is 269 g/mol. The third-order valence-corrected chi connectivity index (χ3v) is 3.79. The van der Waals surface area contributed by atoms with Crippen LogP contribution in [-0.2, 0) is 0 Å². The highest BCUT2D eigenvalue weighted by Crippen LogP contribution is 2.23. The van der Waals surface area contributed by atoms with Gasteiger partial charge in [-0.3, -0.25) is 0 Å². The molecule has 1 aromatic rings. The molecule has 0 radical (unpaired) electrons. The number of hydrogen-bond donors (Lipinski definition) is 1. The zero-order valence-electron chi connectivity index (χ0n) is 11.7. The molecule has 2 N–H and O–H groups in total.